The first-order valence-corrected chi connectivity index (χ1v) is 8.40. The van der Waals surface area contributed by atoms with E-state index in [1.54, 1.807) is 0 Å². The molecule has 0 heterocycles. The summed E-state index contributed by atoms with van der Waals surface area (Å²) in [6.07, 6.45) is 16.0. The summed E-state index contributed by atoms with van der Waals surface area (Å²) in [6, 6.07) is -0.167. The van der Waals surface area contributed by atoms with E-state index in [9.17, 15) is 9.59 Å². The maximum Gasteiger partial charge on any atom is 2.00 e. The summed E-state index contributed by atoms with van der Waals surface area (Å²) in [7, 11) is 0. The van der Waals surface area contributed by atoms with Crippen molar-refractivity contribution in [2.45, 2.75) is 45.3 Å². The van der Waals surface area contributed by atoms with Crippen LogP contribution < -0.4 is 5.32 Å². The molecular weight excluding hydrogens is 374 g/mol. The fourth-order valence-electron chi connectivity index (χ4n) is 2.99. The summed E-state index contributed by atoms with van der Waals surface area (Å²) in [4.78, 5) is 22.7. The average molecular weight is 399 g/mol. The number of ether oxygens (including phenoxy) is 1. The van der Waals surface area contributed by atoms with Crippen LogP contribution in [0.25, 0.3) is 0 Å². The minimum atomic E-state index is -0.819. The molecule has 2 N–H and O–H groups in total. The average Bonchev–Trinajstić information content (AvgIpc) is 3.19. The smallest absolute Gasteiger partial charge is 0.481 e. The van der Waals surface area contributed by atoms with Gasteiger partial charge in [0.25, 0.3) is 0 Å². The number of carboxylic acid groups (broad SMARTS) is 1. The van der Waals surface area contributed by atoms with E-state index in [1.807, 2.05) is 72.1 Å². The Labute approximate surface area is 168 Å². The molecule has 3 fully saturated rings. The number of carboxylic acids is 1. The molecule has 3 saturated carbocycles. The van der Waals surface area contributed by atoms with Gasteiger partial charge in [0.1, 0.15) is 5.60 Å². The quantitative estimate of drug-likeness (QED) is 0.715. The summed E-state index contributed by atoms with van der Waals surface area (Å²) in [5.41, 5.74) is -0.544. The molecular formula is C20H25FeNO4+2. The standard InChI is InChI=1S/C15H20NO4.C5H5.Fe/c1-15(2,3)20-14(19)16-12-7-9(8-13(17)18)10-5-4-6-11(10)12;1-2-4-5-3-1;/h4-6,9,12H,7-8H2,1-3H3,(H,16,19)(H,17,18);1-5H;/q;;+2/t9-,12-;;/m1../s1. The molecule has 0 aromatic carbocycles. The van der Waals surface area contributed by atoms with Gasteiger partial charge in [-0.3, -0.25) is 4.79 Å². The van der Waals surface area contributed by atoms with Crippen molar-refractivity contribution in [3.8, 4) is 0 Å². The van der Waals surface area contributed by atoms with Gasteiger partial charge < -0.3 is 15.2 Å². The van der Waals surface area contributed by atoms with E-state index >= 15 is 0 Å². The van der Waals surface area contributed by atoms with Crippen molar-refractivity contribution in [3.05, 3.63) is 63.2 Å². The largest absolute Gasteiger partial charge is 2.00 e. The number of carbonyl (C=O) groups is 2. The van der Waals surface area contributed by atoms with Crippen LogP contribution >= 0.6 is 0 Å². The van der Waals surface area contributed by atoms with Gasteiger partial charge in [0.05, 0.1) is 0 Å². The molecule has 0 aromatic heterocycles. The van der Waals surface area contributed by atoms with E-state index in [1.165, 1.54) is 0 Å². The molecule has 0 unspecified atom stereocenters. The topological polar surface area (TPSA) is 75.6 Å². The van der Waals surface area contributed by atoms with Gasteiger partial charge in [0.2, 0.25) is 0 Å². The van der Waals surface area contributed by atoms with Gasteiger partial charge in [-0.1, -0.05) is 0 Å². The van der Waals surface area contributed by atoms with Crippen molar-refractivity contribution in [1.29, 1.82) is 0 Å². The maximum absolute atomic E-state index is 11.8. The van der Waals surface area contributed by atoms with E-state index in [0.717, 1.165) is 11.8 Å². The molecule has 3 aliphatic carbocycles. The summed E-state index contributed by atoms with van der Waals surface area (Å²) < 4.78 is 5.24. The number of fused-ring (bicyclic) bond motifs is 1. The molecule has 0 aliphatic heterocycles. The Bertz CT molecular complexity index is 452. The van der Waals surface area contributed by atoms with Crippen LogP contribution in [0.1, 0.15) is 33.6 Å². The first kappa shape index (κ1) is 23.3. The monoisotopic (exact) mass is 399 g/mol. The third-order valence-corrected chi connectivity index (χ3v) is 3.89. The van der Waals surface area contributed by atoms with E-state index in [4.69, 9.17) is 9.84 Å². The Morgan fingerprint density at radius 1 is 1.08 bits per heavy atom. The molecule has 0 bridgehead atoms. The predicted molar refractivity (Wildman–Crippen MR) is 94.4 cm³/mol. The molecule has 3 aliphatic rings. The number of rotatable bonds is 3. The van der Waals surface area contributed by atoms with Crippen LogP contribution in [0.4, 0.5) is 4.79 Å². The maximum atomic E-state index is 11.8. The number of amides is 1. The summed E-state index contributed by atoms with van der Waals surface area (Å²) in [6.45, 7) is 5.42. The van der Waals surface area contributed by atoms with Crippen LogP contribution in [-0.4, -0.2) is 28.8 Å². The number of hydrogen-bond donors (Lipinski definition) is 2. The summed E-state index contributed by atoms with van der Waals surface area (Å²) >= 11 is 0. The zero-order valence-electron chi connectivity index (χ0n) is 15.2. The minimum absolute atomic E-state index is 0. The molecule has 0 spiro atoms. The second-order valence-corrected chi connectivity index (χ2v) is 7.13. The van der Waals surface area contributed by atoms with Gasteiger partial charge in [-0.25, -0.2) is 4.79 Å². The number of hydrogen-bond acceptors (Lipinski definition) is 3. The molecule has 26 heavy (non-hydrogen) atoms. The van der Waals surface area contributed by atoms with Crippen molar-refractivity contribution < 1.29 is 36.5 Å². The van der Waals surface area contributed by atoms with E-state index in [-0.39, 0.29) is 35.4 Å². The number of alkyl carbamates (subject to hydrolysis) is 1. The normalized spacial score (nSPS) is 25.7. The molecule has 0 saturated heterocycles. The van der Waals surface area contributed by atoms with Gasteiger partial charge in [-0.15, -0.1) is 0 Å². The Morgan fingerprint density at radius 2 is 1.62 bits per heavy atom. The van der Waals surface area contributed by atoms with Crippen LogP contribution in [-0.2, 0) is 26.6 Å². The molecule has 3 rings (SSSR count). The minimum Gasteiger partial charge on any atom is -0.481 e. The van der Waals surface area contributed by atoms with E-state index in [0.29, 0.717) is 6.42 Å². The fraction of sp³-hybridized carbons (Fsp3) is 0.400. The van der Waals surface area contributed by atoms with Crippen molar-refractivity contribution in [3.63, 3.8) is 0 Å². The molecule has 0 aromatic rings. The van der Waals surface area contributed by atoms with E-state index < -0.39 is 17.7 Å². The number of nitrogens with one attached hydrogen (secondary N) is 1. The zero-order chi connectivity index (χ0) is 18.4. The summed E-state index contributed by atoms with van der Waals surface area (Å²) in [5.74, 6) is 1.16. The van der Waals surface area contributed by atoms with Gasteiger partial charge in [0, 0.05) is 18.4 Å². The van der Waals surface area contributed by atoms with Crippen molar-refractivity contribution in [2.75, 3.05) is 0 Å². The van der Waals surface area contributed by atoms with Gasteiger partial charge in [-0.05, 0) is 90.4 Å². The molecule has 5 nitrogen and oxygen atoms in total. The van der Waals surface area contributed by atoms with Crippen molar-refractivity contribution in [2.24, 2.45) is 5.92 Å². The molecule has 1 amide bonds. The fourth-order valence-corrected chi connectivity index (χ4v) is 2.99. The van der Waals surface area contributed by atoms with Crippen LogP contribution in [0.15, 0.2) is 0 Å². The van der Waals surface area contributed by atoms with Crippen LogP contribution in [0, 0.1) is 69.1 Å². The SMILES string of the molecule is CC(C)(C)OC(=O)N[C@@H]1C[C@H](CC(=O)O)[C]2[CH][CH][CH][C]21.[CH]1[CH][CH][CH][CH]1.[Fe+2]. The Balaban J connectivity index is 0.000000486. The second kappa shape index (κ2) is 10.6. The molecule has 10 radical (unpaired) electrons. The molecule has 6 heteroatoms. The number of aliphatic carboxylic acids is 1. The van der Waals surface area contributed by atoms with Crippen molar-refractivity contribution >= 4 is 12.1 Å². The molecule has 2 atom stereocenters. The first-order valence-electron chi connectivity index (χ1n) is 8.40. The van der Waals surface area contributed by atoms with Crippen LogP contribution in [0.2, 0.25) is 0 Å². The summed E-state index contributed by atoms with van der Waals surface area (Å²) in [5, 5.41) is 11.8. The van der Waals surface area contributed by atoms with E-state index in [2.05, 4.69) is 5.32 Å². The Kier molecular flexibility index (Phi) is 9.46. The van der Waals surface area contributed by atoms with Gasteiger partial charge in [-0.2, -0.15) is 0 Å². The van der Waals surface area contributed by atoms with Crippen molar-refractivity contribution in [1.82, 2.24) is 5.32 Å². The van der Waals surface area contributed by atoms with Gasteiger partial charge >= 0.3 is 29.1 Å². The second-order valence-electron chi connectivity index (χ2n) is 7.13. The van der Waals surface area contributed by atoms with Crippen LogP contribution in [0.5, 0.6) is 0 Å². The third kappa shape index (κ3) is 7.48. The van der Waals surface area contributed by atoms with Crippen LogP contribution in [0.3, 0.4) is 0 Å². The zero-order valence-corrected chi connectivity index (χ0v) is 16.3. The Morgan fingerprint density at radius 3 is 2.12 bits per heavy atom. The predicted octanol–water partition coefficient (Wildman–Crippen LogP) is 3.17. The van der Waals surface area contributed by atoms with Gasteiger partial charge in [0.15, 0.2) is 0 Å². The molecule has 140 valence electrons. The Hall–Kier alpha value is -0.741. The third-order valence-electron chi connectivity index (χ3n) is 3.89. The first-order chi connectivity index (χ1) is 11.8. The number of carbonyl (C=O) groups excluding carboxylic acids is 1.